The summed E-state index contributed by atoms with van der Waals surface area (Å²) in [6.07, 6.45) is 7.48. The number of oxime groups is 1. The summed E-state index contributed by atoms with van der Waals surface area (Å²) in [6.45, 7) is 5.04. The molecule has 13 heavy (non-hydrogen) atoms. The molecule has 0 aromatic heterocycles. The van der Waals surface area contributed by atoms with Gasteiger partial charge in [-0.25, -0.2) is 0 Å². The van der Waals surface area contributed by atoms with Crippen LogP contribution in [-0.2, 0) is 4.84 Å². The van der Waals surface area contributed by atoms with Crippen LogP contribution in [0.15, 0.2) is 5.16 Å². The van der Waals surface area contributed by atoms with E-state index in [1.807, 2.05) is 0 Å². The van der Waals surface area contributed by atoms with Crippen LogP contribution in [0.2, 0.25) is 0 Å². The lowest BCUT2D eigenvalue weighted by Crippen LogP contribution is -2.10. The van der Waals surface area contributed by atoms with Gasteiger partial charge in [0.05, 0.1) is 5.71 Å². The molecule has 2 nitrogen and oxygen atoms in total. The standard InChI is InChI=1S/C11H21NO/c1-3-9-13-12-11(4-2)10-7-5-6-8-10/h10H,3-9H2,1-2H3/b12-11+. The highest BCUT2D eigenvalue weighted by molar-refractivity contribution is 5.86. The average molecular weight is 183 g/mol. The Bertz CT molecular complexity index is 159. The minimum absolute atomic E-state index is 0.724. The van der Waals surface area contributed by atoms with E-state index < -0.39 is 0 Å². The zero-order valence-electron chi connectivity index (χ0n) is 8.88. The summed E-state index contributed by atoms with van der Waals surface area (Å²) in [5.74, 6) is 0.724. The van der Waals surface area contributed by atoms with E-state index in [4.69, 9.17) is 4.84 Å². The Morgan fingerprint density at radius 2 is 2.00 bits per heavy atom. The highest BCUT2D eigenvalue weighted by atomic mass is 16.6. The molecule has 0 N–H and O–H groups in total. The van der Waals surface area contributed by atoms with Crippen molar-refractivity contribution in [1.29, 1.82) is 0 Å². The minimum atomic E-state index is 0.724. The van der Waals surface area contributed by atoms with Gasteiger partial charge < -0.3 is 4.84 Å². The smallest absolute Gasteiger partial charge is 0.116 e. The molecule has 0 bridgehead atoms. The molecule has 0 amide bonds. The fraction of sp³-hybridized carbons (Fsp3) is 0.909. The van der Waals surface area contributed by atoms with E-state index >= 15 is 0 Å². The zero-order valence-corrected chi connectivity index (χ0v) is 8.88. The number of nitrogens with zero attached hydrogens (tertiary/aromatic N) is 1. The van der Waals surface area contributed by atoms with Gasteiger partial charge in [-0.15, -0.1) is 0 Å². The molecule has 76 valence electrons. The molecule has 2 heteroatoms. The van der Waals surface area contributed by atoms with Gasteiger partial charge in [0.2, 0.25) is 0 Å². The van der Waals surface area contributed by atoms with Crippen molar-refractivity contribution in [1.82, 2.24) is 0 Å². The highest BCUT2D eigenvalue weighted by Gasteiger charge is 2.19. The van der Waals surface area contributed by atoms with Crippen molar-refractivity contribution in [2.75, 3.05) is 6.61 Å². The molecule has 0 radical (unpaired) electrons. The van der Waals surface area contributed by atoms with Gasteiger partial charge in [0.15, 0.2) is 0 Å². The molecular formula is C11H21NO. The first-order chi connectivity index (χ1) is 6.38. The van der Waals surface area contributed by atoms with Gasteiger partial charge in [-0.2, -0.15) is 0 Å². The van der Waals surface area contributed by atoms with Crippen molar-refractivity contribution in [3.63, 3.8) is 0 Å². The van der Waals surface area contributed by atoms with Crippen LogP contribution in [0.1, 0.15) is 52.4 Å². The summed E-state index contributed by atoms with van der Waals surface area (Å²) in [5.41, 5.74) is 1.28. The predicted molar refractivity (Wildman–Crippen MR) is 55.9 cm³/mol. The molecule has 0 aromatic rings. The summed E-state index contributed by atoms with van der Waals surface area (Å²) >= 11 is 0. The maximum atomic E-state index is 5.24. The van der Waals surface area contributed by atoms with E-state index in [0.717, 1.165) is 25.4 Å². The lowest BCUT2D eigenvalue weighted by atomic mass is 10.0. The molecule has 0 saturated heterocycles. The van der Waals surface area contributed by atoms with Gasteiger partial charge in [0.25, 0.3) is 0 Å². The Kier molecular flexibility index (Phi) is 4.87. The van der Waals surface area contributed by atoms with Crippen LogP contribution in [-0.4, -0.2) is 12.3 Å². The summed E-state index contributed by atoms with van der Waals surface area (Å²) in [7, 11) is 0. The second-order valence-electron chi connectivity index (χ2n) is 3.75. The summed E-state index contributed by atoms with van der Waals surface area (Å²) in [5, 5.41) is 4.23. The molecule has 0 heterocycles. The summed E-state index contributed by atoms with van der Waals surface area (Å²) in [4.78, 5) is 5.24. The van der Waals surface area contributed by atoms with E-state index in [-0.39, 0.29) is 0 Å². The first-order valence-corrected chi connectivity index (χ1v) is 5.57. The topological polar surface area (TPSA) is 21.6 Å². The van der Waals surface area contributed by atoms with E-state index in [1.54, 1.807) is 0 Å². The summed E-state index contributed by atoms with van der Waals surface area (Å²) < 4.78 is 0. The Morgan fingerprint density at radius 1 is 1.31 bits per heavy atom. The van der Waals surface area contributed by atoms with Crippen molar-refractivity contribution in [3.8, 4) is 0 Å². The van der Waals surface area contributed by atoms with Crippen LogP contribution in [0.3, 0.4) is 0 Å². The molecule has 0 spiro atoms. The van der Waals surface area contributed by atoms with Gasteiger partial charge in [-0.05, 0) is 25.7 Å². The van der Waals surface area contributed by atoms with Gasteiger partial charge in [0, 0.05) is 5.92 Å². The Labute approximate surface area is 81.3 Å². The second kappa shape index (κ2) is 6.01. The molecule has 0 aromatic carbocycles. The Morgan fingerprint density at radius 3 is 2.54 bits per heavy atom. The van der Waals surface area contributed by atoms with Crippen LogP contribution >= 0.6 is 0 Å². The third kappa shape index (κ3) is 3.37. The van der Waals surface area contributed by atoms with Gasteiger partial charge in [0.1, 0.15) is 6.61 Å². The van der Waals surface area contributed by atoms with Crippen LogP contribution in [0, 0.1) is 5.92 Å². The van der Waals surface area contributed by atoms with Crippen molar-refractivity contribution >= 4 is 5.71 Å². The largest absolute Gasteiger partial charge is 0.396 e. The maximum Gasteiger partial charge on any atom is 0.116 e. The van der Waals surface area contributed by atoms with Crippen LogP contribution < -0.4 is 0 Å². The van der Waals surface area contributed by atoms with Crippen molar-refractivity contribution < 1.29 is 4.84 Å². The quantitative estimate of drug-likeness (QED) is 0.364. The molecule has 1 aliphatic carbocycles. The van der Waals surface area contributed by atoms with Crippen molar-refractivity contribution in [3.05, 3.63) is 0 Å². The van der Waals surface area contributed by atoms with Crippen molar-refractivity contribution in [2.24, 2.45) is 11.1 Å². The molecule has 1 saturated carbocycles. The van der Waals surface area contributed by atoms with Gasteiger partial charge in [-0.1, -0.05) is 31.8 Å². The lowest BCUT2D eigenvalue weighted by molar-refractivity contribution is 0.142. The summed E-state index contributed by atoms with van der Waals surface area (Å²) in [6, 6.07) is 0. The maximum absolute atomic E-state index is 5.24. The molecule has 0 aliphatic heterocycles. The van der Waals surface area contributed by atoms with Gasteiger partial charge in [-0.3, -0.25) is 0 Å². The van der Waals surface area contributed by atoms with Crippen LogP contribution in [0.5, 0.6) is 0 Å². The predicted octanol–water partition coefficient (Wildman–Crippen LogP) is 3.37. The molecule has 0 unspecified atom stereocenters. The fourth-order valence-corrected chi connectivity index (χ4v) is 1.91. The van der Waals surface area contributed by atoms with E-state index in [1.165, 1.54) is 31.4 Å². The third-order valence-electron chi connectivity index (χ3n) is 2.67. The monoisotopic (exact) mass is 183 g/mol. The molecule has 0 atom stereocenters. The van der Waals surface area contributed by atoms with Crippen LogP contribution in [0.25, 0.3) is 0 Å². The molecule has 1 fully saturated rings. The normalized spacial score (nSPS) is 19.4. The highest BCUT2D eigenvalue weighted by Crippen LogP contribution is 2.27. The van der Waals surface area contributed by atoms with E-state index in [2.05, 4.69) is 19.0 Å². The molecular weight excluding hydrogens is 162 g/mol. The van der Waals surface area contributed by atoms with Crippen LogP contribution in [0.4, 0.5) is 0 Å². The Hall–Kier alpha value is -0.530. The number of hydrogen-bond acceptors (Lipinski definition) is 2. The zero-order chi connectivity index (χ0) is 9.52. The van der Waals surface area contributed by atoms with E-state index in [9.17, 15) is 0 Å². The second-order valence-corrected chi connectivity index (χ2v) is 3.75. The average Bonchev–Trinajstić information content (AvgIpc) is 2.65. The first kappa shape index (κ1) is 10.6. The number of hydrogen-bond donors (Lipinski definition) is 0. The van der Waals surface area contributed by atoms with Gasteiger partial charge >= 0.3 is 0 Å². The third-order valence-corrected chi connectivity index (χ3v) is 2.67. The molecule has 1 aliphatic rings. The number of rotatable bonds is 5. The first-order valence-electron chi connectivity index (χ1n) is 5.57. The van der Waals surface area contributed by atoms with E-state index in [0.29, 0.717) is 0 Å². The fourth-order valence-electron chi connectivity index (χ4n) is 1.91. The lowest BCUT2D eigenvalue weighted by Gasteiger charge is -2.10. The molecule has 1 rings (SSSR count). The minimum Gasteiger partial charge on any atom is -0.396 e. The SMILES string of the molecule is CCCO/N=C(\CC)C1CCCC1. The van der Waals surface area contributed by atoms with Crippen molar-refractivity contribution in [2.45, 2.75) is 52.4 Å². The Balaban J connectivity index is 2.35.